The van der Waals surface area contributed by atoms with Crippen molar-refractivity contribution in [2.75, 3.05) is 12.4 Å². The number of ether oxygens (including phenoxy) is 1. The maximum Gasteiger partial charge on any atom is 0.248 e. The van der Waals surface area contributed by atoms with Crippen molar-refractivity contribution < 1.29 is 18.3 Å². The van der Waals surface area contributed by atoms with Gasteiger partial charge in [0.2, 0.25) is 5.91 Å². The van der Waals surface area contributed by atoms with Gasteiger partial charge in [0, 0.05) is 33.8 Å². The van der Waals surface area contributed by atoms with E-state index < -0.39 is 0 Å². The highest BCUT2D eigenvalue weighted by molar-refractivity contribution is 6.06. The van der Waals surface area contributed by atoms with E-state index in [1.807, 2.05) is 52.0 Å². The van der Waals surface area contributed by atoms with E-state index in [-0.39, 0.29) is 11.7 Å². The average molecular weight is 444 g/mol. The summed E-state index contributed by atoms with van der Waals surface area (Å²) < 4.78 is 24.9. The summed E-state index contributed by atoms with van der Waals surface area (Å²) in [5.74, 6) is 0.135. The molecule has 0 spiro atoms. The zero-order valence-corrected chi connectivity index (χ0v) is 19.4. The molecule has 4 aromatic rings. The van der Waals surface area contributed by atoms with Gasteiger partial charge in [0.25, 0.3) is 0 Å². The SMILES string of the molecule is COc1c(/C(C)=C/C(=O)Nc2ccc(C)c(C)c2)cc2c(-c3ccc(F)cc3)coc2c1C. The Hall–Kier alpha value is -3.86. The standard InChI is InChI=1S/C28H26FNO3/c1-16-6-11-22(12-17(16)2)30-26(31)13-18(3)23-14-24-25(20-7-9-21(29)10-8-20)15-33-28(24)19(4)27(23)32-5/h6-15H,1-5H3,(H,30,31)/b18-13+. The lowest BCUT2D eigenvalue weighted by Gasteiger charge is -2.13. The summed E-state index contributed by atoms with van der Waals surface area (Å²) in [5, 5.41) is 3.80. The van der Waals surface area contributed by atoms with Gasteiger partial charge in [-0.1, -0.05) is 18.2 Å². The Balaban J connectivity index is 1.74. The maximum atomic E-state index is 13.4. The number of carbonyl (C=O) groups is 1. The van der Waals surface area contributed by atoms with Crippen LogP contribution in [0.15, 0.2) is 65.3 Å². The van der Waals surface area contributed by atoms with E-state index in [0.717, 1.165) is 44.5 Å². The number of hydrogen-bond acceptors (Lipinski definition) is 3. The van der Waals surface area contributed by atoms with E-state index in [9.17, 15) is 9.18 Å². The minimum Gasteiger partial charge on any atom is -0.496 e. The van der Waals surface area contributed by atoms with Crippen molar-refractivity contribution in [1.29, 1.82) is 0 Å². The zero-order chi connectivity index (χ0) is 23.7. The van der Waals surface area contributed by atoms with Gasteiger partial charge in [-0.25, -0.2) is 4.39 Å². The molecule has 0 saturated heterocycles. The number of allylic oxidation sites excluding steroid dienone is 1. The molecule has 33 heavy (non-hydrogen) atoms. The number of amides is 1. The molecule has 0 aliphatic rings. The number of carbonyl (C=O) groups excluding carboxylic acids is 1. The molecule has 1 heterocycles. The van der Waals surface area contributed by atoms with Crippen LogP contribution in [0.25, 0.3) is 27.7 Å². The predicted octanol–water partition coefficient (Wildman–Crippen LogP) is 7.21. The van der Waals surface area contributed by atoms with Crippen LogP contribution in [-0.2, 0) is 4.79 Å². The number of benzene rings is 3. The molecule has 0 atom stereocenters. The molecule has 0 fully saturated rings. The van der Waals surface area contributed by atoms with Crippen LogP contribution in [0.3, 0.4) is 0 Å². The summed E-state index contributed by atoms with van der Waals surface area (Å²) in [7, 11) is 1.60. The second-order valence-corrected chi connectivity index (χ2v) is 8.23. The molecule has 0 aliphatic heterocycles. The van der Waals surface area contributed by atoms with E-state index in [2.05, 4.69) is 5.32 Å². The molecule has 1 amide bonds. The second kappa shape index (κ2) is 8.94. The summed E-state index contributed by atoms with van der Waals surface area (Å²) in [6.07, 6.45) is 3.23. The zero-order valence-electron chi connectivity index (χ0n) is 19.4. The molecular formula is C28H26FNO3. The number of furan rings is 1. The normalized spacial score (nSPS) is 11.6. The first kappa shape index (κ1) is 22.3. The van der Waals surface area contributed by atoms with Crippen molar-refractivity contribution in [3.05, 3.63) is 88.9 Å². The lowest BCUT2D eigenvalue weighted by Crippen LogP contribution is -2.09. The average Bonchev–Trinajstić information content (AvgIpc) is 3.21. The van der Waals surface area contributed by atoms with Crippen LogP contribution < -0.4 is 10.1 Å². The van der Waals surface area contributed by atoms with Crippen LogP contribution in [0, 0.1) is 26.6 Å². The summed E-state index contributed by atoms with van der Waals surface area (Å²) >= 11 is 0. The first-order valence-electron chi connectivity index (χ1n) is 10.7. The van der Waals surface area contributed by atoms with Gasteiger partial charge < -0.3 is 14.5 Å². The molecule has 5 heteroatoms. The van der Waals surface area contributed by atoms with Gasteiger partial charge in [-0.05, 0) is 80.3 Å². The highest BCUT2D eigenvalue weighted by atomic mass is 19.1. The van der Waals surface area contributed by atoms with Crippen LogP contribution in [-0.4, -0.2) is 13.0 Å². The topological polar surface area (TPSA) is 51.5 Å². The Bertz CT molecular complexity index is 1380. The molecular weight excluding hydrogens is 417 g/mol. The number of methoxy groups -OCH3 is 1. The Morgan fingerprint density at radius 2 is 1.76 bits per heavy atom. The fraction of sp³-hybridized carbons (Fsp3) is 0.179. The van der Waals surface area contributed by atoms with Crippen molar-refractivity contribution in [2.45, 2.75) is 27.7 Å². The number of aryl methyl sites for hydroxylation is 3. The molecule has 3 aromatic carbocycles. The third-order valence-electron chi connectivity index (χ3n) is 5.95. The summed E-state index contributed by atoms with van der Waals surface area (Å²) in [4.78, 5) is 12.7. The van der Waals surface area contributed by atoms with E-state index in [1.54, 1.807) is 31.6 Å². The summed E-state index contributed by atoms with van der Waals surface area (Å²) in [6.45, 7) is 7.84. The fourth-order valence-electron chi connectivity index (χ4n) is 4.00. The largest absolute Gasteiger partial charge is 0.496 e. The highest BCUT2D eigenvalue weighted by Gasteiger charge is 2.19. The second-order valence-electron chi connectivity index (χ2n) is 8.23. The number of anilines is 1. The number of fused-ring (bicyclic) bond motifs is 1. The third kappa shape index (κ3) is 4.40. The molecule has 168 valence electrons. The first-order chi connectivity index (χ1) is 15.8. The minimum atomic E-state index is -0.293. The molecule has 4 nitrogen and oxygen atoms in total. The number of hydrogen-bond donors (Lipinski definition) is 1. The molecule has 0 bridgehead atoms. The maximum absolute atomic E-state index is 13.4. The van der Waals surface area contributed by atoms with E-state index in [4.69, 9.17) is 9.15 Å². The van der Waals surface area contributed by atoms with Gasteiger partial charge in [-0.3, -0.25) is 4.79 Å². The Morgan fingerprint density at radius 1 is 1.03 bits per heavy atom. The summed E-state index contributed by atoms with van der Waals surface area (Å²) in [5.41, 5.74) is 7.81. The van der Waals surface area contributed by atoms with Crippen LogP contribution in [0.1, 0.15) is 29.2 Å². The molecule has 1 aromatic heterocycles. The Labute approximate surface area is 192 Å². The lowest BCUT2D eigenvalue weighted by atomic mass is 9.96. The van der Waals surface area contributed by atoms with Gasteiger partial charge in [0.05, 0.1) is 13.4 Å². The van der Waals surface area contributed by atoms with Crippen LogP contribution in [0.4, 0.5) is 10.1 Å². The number of rotatable bonds is 5. The fourth-order valence-corrected chi connectivity index (χ4v) is 4.00. The monoisotopic (exact) mass is 443 g/mol. The third-order valence-corrected chi connectivity index (χ3v) is 5.95. The van der Waals surface area contributed by atoms with E-state index >= 15 is 0 Å². The van der Waals surface area contributed by atoms with Crippen LogP contribution >= 0.6 is 0 Å². The highest BCUT2D eigenvalue weighted by Crippen LogP contribution is 2.40. The predicted molar refractivity (Wildman–Crippen MR) is 131 cm³/mol. The Kier molecular flexibility index (Phi) is 6.05. The lowest BCUT2D eigenvalue weighted by molar-refractivity contribution is -0.111. The van der Waals surface area contributed by atoms with Gasteiger partial charge in [0.15, 0.2) is 0 Å². The van der Waals surface area contributed by atoms with Gasteiger partial charge >= 0.3 is 0 Å². The molecule has 0 unspecified atom stereocenters. The molecule has 1 N–H and O–H groups in total. The van der Waals surface area contributed by atoms with Crippen molar-refractivity contribution in [3.8, 4) is 16.9 Å². The van der Waals surface area contributed by atoms with Gasteiger partial charge in [-0.2, -0.15) is 0 Å². The number of nitrogens with one attached hydrogen (secondary N) is 1. The molecule has 0 saturated carbocycles. The Morgan fingerprint density at radius 3 is 2.42 bits per heavy atom. The van der Waals surface area contributed by atoms with E-state index in [0.29, 0.717) is 11.3 Å². The van der Waals surface area contributed by atoms with Crippen molar-refractivity contribution in [2.24, 2.45) is 0 Å². The molecule has 0 radical (unpaired) electrons. The quantitative estimate of drug-likeness (QED) is 0.331. The summed E-state index contributed by atoms with van der Waals surface area (Å²) in [6, 6.07) is 14.1. The van der Waals surface area contributed by atoms with Crippen molar-refractivity contribution >= 4 is 28.1 Å². The van der Waals surface area contributed by atoms with E-state index in [1.165, 1.54) is 17.7 Å². The minimum absolute atomic E-state index is 0.221. The molecule has 4 rings (SSSR count). The van der Waals surface area contributed by atoms with Crippen molar-refractivity contribution in [3.63, 3.8) is 0 Å². The van der Waals surface area contributed by atoms with Gasteiger partial charge in [0.1, 0.15) is 17.1 Å². The van der Waals surface area contributed by atoms with Crippen LogP contribution in [0.5, 0.6) is 5.75 Å². The smallest absolute Gasteiger partial charge is 0.248 e. The first-order valence-corrected chi connectivity index (χ1v) is 10.7. The number of halogens is 1. The van der Waals surface area contributed by atoms with Crippen molar-refractivity contribution in [1.82, 2.24) is 0 Å². The van der Waals surface area contributed by atoms with Crippen LogP contribution in [0.2, 0.25) is 0 Å². The van der Waals surface area contributed by atoms with Gasteiger partial charge in [-0.15, -0.1) is 0 Å². The molecule has 0 aliphatic carbocycles.